The lowest BCUT2D eigenvalue weighted by atomic mass is 10.1. The second-order valence-electron chi connectivity index (χ2n) is 5.37. The van der Waals surface area contributed by atoms with Gasteiger partial charge in [0.25, 0.3) is 0 Å². The van der Waals surface area contributed by atoms with Crippen LogP contribution < -0.4 is 4.74 Å². The van der Waals surface area contributed by atoms with Gasteiger partial charge in [-0.2, -0.15) is 0 Å². The normalized spacial score (nSPS) is 18.9. The Morgan fingerprint density at radius 2 is 2.25 bits per heavy atom. The molecule has 4 nitrogen and oxygen atoms in total. The predicted octanol–water partition coefficient (Wildman–Crippen LogP) is 2.80. The van der Waals surface area contributed by atoms with Gasteiger partial charge >= 0.3 is 5.97 Å². The van der Waals surface area contributed by atoms with Gasteiger partial charge in [0.1, 0.15) is 5.75 Å². The number of halogens is 1. The number of benzene rings is 1. The average molecular weight is 300 g/mol. The summed E-state index contributed by atoms with van der Waals surface area (Å²) in [6.45, 7) is 6.30. The molecule has 1 atom stereocenters. The van der Waals surface area contributed by atoms with Gasteiger partial charge in [-0.15, -0.1) is 12.4 Å². The van der Waals surface area contributed by atoms with E-state index in [1.165, 1.54) is 5.56 Å². The number of likely N-dealkylation sites (tertiary alicyclic amines) is 1. The molecule has 5 heteroatoms. The average Bonchev–Trinajstić information content (AvgIpc) is 2.77. The van der Waals surface area contributed by atoms with Crippen LogP contribution in [0.4, 0.5) is 0 Å². The molecule has 112 valence electrons. The Labute approximate surface area is 126 Å². The molecule has 0 saturated carbocycles. The number of rotatable bonds is 5. The molecule has 1 heterocycles. The largest absolute Gasteiger partial charge is 0.491 e. The number of carboxylic acids is 1. The highest BCUT2D eigenvalue weighted by Gasteiger charge is 2.27. The summed E-state index contributed by atoms with van der Waals surface area (Å²) in [5, 5.41) is 8.99. The molecule has 1 aromatic carbocycles. The van der Waals surface area contributed by atoms with Crippen molar-refractivity contribution in [1.29, 1.82) is 0 Å². The van der Waals surface area contributed by atoms with E-state index in [1.807, 2.05) is 32.0 Å². The van der Waals surface area contributed by atoms with E-state index in [0.29, 0.717) is 6.54 Å². The standard InChI is InChI=1S/C15H21NO3.ClH/c1-11(2)19-14-5-3-4-12(8-14)9-16-7-6-13(10-16)15(17)18;/h3-5,8,11,13H,6-7,9-10H2,1-2H3,(H,17,18);1H. The highest BCUT2D eigenvalue weighted by atomic mass is 35.5. The molecule has 0 aromatic heterocycles. The van der Waals surface area contributed by atoms with Crippen molar-refractivity contribution >= 4 is 18.4 Å². The van der Waals surface area contributed by atoms with Crippen LogP contribution in [0.2, 0.25) is 0 Å². The SMILES string of the molecule is CC(C)Oc1cccc(CN2CCC(C(=O)O)C2)c1.Cl. The van der Waals surface area contributed by atoms with Crippen molar-refractivity contribution < 1.29 is 14.6 Å². The number of nitrogens with zero attached hydrogens (tertiary/aromatic N) is 1. The Bertz CT molecular complexity index is 450. The molecule has 0 spiro atoms. The highest BCUT2D eigenvalue weighted by molar-refractivity contribution is 5.85. The summed E-state index contributed by atoms with van der Waals surface area (Å²) in [4.78, 5) is 13.1. The highest BCUT2D eigenvalue weighted by Crippen LogP contribution is 2.21. The first-order valence-electron chi connectivity index (χ1n) is 6.75. The van der Waals surface area contributed by atoms with E-state index in [0.717, 1.165) is 25.3 Å². The first-order chi connectivity index (χ1) is 9.04. The molecule has 1 aromatic rings. The topological polar surface area (TPSA) is 49.8 Å². The molecule has 0 aliphatic carbocycles. The minimum absolute atomic E-state index is 0. The summed E-state index contributed by atoms with van der Waals surface area (Å²) in [5.41, 5.74) is 1.17. The van der Waals surface area contributed by atoms with Crippen molar-refractivity contribution in [2.75, 3.05) is 13.1 Å². The molecule has 20 heavy (non-hydrogen) atoms. The van der Waals surface area contributed by atoms with Crippen LogP contribution in [0.15, 0.2) is 24.3 Å². The fourth-order valence-electron chi connectivity index (χ4n) is 2.43. The monoisotopic (exact) mass is 299 g/mol. The van der Waals surface area contributed by atoms with Crippen molar-refractivity contribution in [3.05, 3.63) is 29.8 Å². The zero-order valence-electron chi connectivity index (χ0n) is 11.9. The molecule has 0 bridgehead atoms. The molecule has 0 amide bonds. The van der Waals surface area contributed by atoms with Crippen molar-refractivity contribution in [2.45, 2.75) is 32.9 Å². The number of aliphatic carboxylic acids is 1. The van der Waals surface area contributed by atoms with Gasteiger partial charge < -0.3 is 9.84 Å². The van der Waals surface area contributed by atoms with Gasteiger partial charge in [0, 0.05) is 13.1 Å². The van der Waals surface area contributed by atoms with Gasteiger partial charge in [-0.25, -0.2) is 0 Å². The third-order valence-corrected chi connectivity index (χ3v) is 3.30. The molecule has 1 aliphatic heterocycles. The van der Waals surface area contributed by atoms with Crippen molar-refractivity contribution in [1.82, 2.24) is 4.90 Å². The summed E-state index contributed by atoms with van der Waals surface area (Å²) in [7, 11) is 0. The molecular weight excluding hydrogens is 278 g/mol. The van der Waals surface area contributed by atoms with E-state index in [9.17, 15) is 4.79 Å². The fourth-order valence-corrected chi connectivity index (χ4v) is 2.43. The molecule has 1 unspecified atom stereocenters. The Morgan fingerprint density at radius 3 is 2.85 bits per heavy atom. The zero-order valence-corrected chi connectivity index (χ0v) is 12.7. The number of carbonyl (C=O) groups is 1. The molecule has 1 N–H and O–H groups in total. The van der Waals surface area contributed by atoms with E-state index < -0.39 is 5.97 Å². The summed E-state index contributed by atoms with van der Waals surface area (Å²) < 4.78 is 5.67. The van der Waals surface area contributed by atoms with Crippen LogP contribution in [0.3, 0.4) is 0 Å². The van der Waals surface area contributed by atoms with Crippen LogP contribution in [0.5, 0.6) is 5.75 Å². The molecular formula is C15H22ClNO3. The van der Waals surface area contributed by atoms with Crippen LogP contribution in [0.1, 0.15) is 25.8 Å². The van der Waals surface area contributed by atoms with Gasteiger partial charge in [0.15, 0.2) is 0 Å². The Kier molecular flexibility index (Phi) is 6.30. The summed E-state index contributed by atoms with van der Waals surface area (Å²) in [5.74, 6) is -0.0176. The first-order valence-corrected chi connectivity index (χ1v) is 6.75. The van der Waals surface area contributed by atoms with Gasteiger partial charge in [0.05, 0.1) is 12.0 Å². The van der Waals surface area contributed by atoms with E-state index in [1.54, 1.807) is 0 Å². The van der Waals surface area contributed by atoms with Crippen molar-refractivity contribution in [3.63, 3.8) is 0 Å². The number of carboxylic acid groups (broad SMARTS) is 1. The maximum Gasteiger partial charge on any atom is 0.307 e. The number of hydrogen-bond acceptors (Lipinski definition) is 3. The van der Waals surface area contributed by atoms with E-state index >= 15 is 0 Å². The lowest BCUT2D eigenvalue weighted by Gasteiger charge is -2.16. The third-order valence-electron chi connectivity index (χ3n) is 3.30. The number of ether oxygens (including phenoxy) is 1. The smallest absolute Gasteiger partial charge is 0.307 e. The fraction of sp³-hybridized carbons (Fsp3) is 0.533. The van der Waals surface area contributed by atoms with Crippen molar-refractivity contribution in [2.24, 2.45) is 5.92 Å². The quantitative estimate of drug-likeness (QED) is 0.908. The Hall–Kier alpha value is -1.26. The first kappa shape index (κ1) is 16.8. The third kappa shape index (κ3) is 4.69. The van der Waals surface area contributed by atoms with Gasteiger partial charge in [0.2, 0.25) is 0 Å². The van der Waals surface area contributed by atoms with Gasteiger partial charge in [-0.05, 0) is 44.5 Å². The molecule has 2 rings (SSSR count). The van der Waals surface area contributed by atoms with Crippen LogP contribution in [0, 0.1) is 5.92 Å². The Balaban J connectivity index is 0.00000200. The zero-order chi connectivity index (χ0) is 13.8. The van der Waals surface area contributed by atoms with Crippen LogP contribution in [-0.4, -0.2) is 35.2 Å². The molecule has 1 saturated heterocycles. The van der Waals surface area contributed by atoms with Crippen LogP contribution >= 0.6 is 12.4 Å². The van der Waals surface area contributed by atoms with Crippen LogP contribution in [0.25, 0.3) is 0 Å². The molecule has 1 fully saturated rings. The molecule has 0 radical (unpaired) electrons. The second-order valence-corrected chi connectivity index (χ2v) is 5.37. The summed E-state index contributed by atoms with van der Waals surface area (Å²) >= 11 is 0. The minimum atomic E-state index is -0.681. The van der Waals surface area contributed by atoms with Gasteiger partial charge in [-0.3, -0.25) is 9.69 Å². The van der Waals surface area contributed by atoms with E-state index in [-0.39, 0.29) is 24.4 Å². The number of hydrogen-bond donors (Lipinski definition) is 1. The molecule has 1 aliphatic rings. The Morgan fingerprint density at radius 1 is 1.50 bits per heavy atom. The van der Waals surface area contributed by atoms with E-state index in [2.05, 4.69) is 11.0 Å². The lowest BCUT2D eigenvalue weighted by molar-refractivity contribution is -0.141. The summed E-state index contributed by atoms with van der Waals surface area (Å²) in [6, 6.07) is 8.03. The maximum atomic E-state index is 10.9. The lowest BCUT2D eigenvalue weighted by Crippen LogP contribution is -2.22. The predicted molar refractivity (Wildman–Crippen MR) is 80.5 cm³/mol. The minimum Gasteiger partial charge on any atom is -0.491 e. The van der Waals surface area contributed by atoms with Gasteiger partial charge in [-0.1, -0.05) is 12.1 Å². The second kappa shape index (κ2) is 7.50. The maximum absolute atomic E-state index is 10.9. The van der Waals surface area contributed by atoms with Crippen molar-refractivity contribution in [3.8, 4) is 5.75 Å². The summed E-state index contributed by atoms with van der Waals surface area (Å²) in [6.07, 6.45) is 0.913. The van der Waals surface area contributed by atoms with Crippen LogP contribution in [-0.2, 0) is 11.3 Å². The van der Waals surface area contributed by atoms with E-state index in [4.69, 9.17) is 9.84 Å².